The van der Waals surface area contributed by atoms with E-state index in [0.29, 0.717) is 17.5 Å². The van der Waals surface area contributed by atoms with Crippen molar-refractivity contribution < 1.29 is 14.3 Å². The molecule has 0 heterocycles. The molecular formula is C19H18O3. The first-order chi connectivity index (χ1) is 10.7. The molecule has 0 saturated heterocycles. The second kappa shape index (κ2) is 7.93. The Labute approximate surface area is 130 Å². The van der Waals surface area contributed by atoms with Crippen LogP contribution in [0.15, 0.2) is 72.8 Å². The molecule has 112 valence electrons. The van der Waals surface area contributed by atoms with Gasteiger partial charge >= 0.3 is 5.97 Å². The normalized spacial score (nSPS) is 12.0. The number of hydrogen-bond donors (Lipinski definition) is 0. The van der Waals surface area contributed by atoms with E-state index in [9.17, 15) is 9.59 Å². The number of Topliss-reactive ketones (excluding diaryl/α,β-unsaturated/α-hetero) is 1. The molecule has 0 aliphatic heterocycles. The molecule has 0 aliphatic rings. The fraction of sp³-hybridized carbons (Fsp3) is 0.158. The monoisotopic (exact) mass is 294 g/mol. The zero-order valence-corrected chi connectivity index (χ0v) is 12.4. The summed E-state index contributed by atoms with van der Waals surface area (Å²) in [5, 5.41) is 0. The van der Waals surface area contributed by atoms with Gasteiger partial charge in [-0.2, -0.15) is 0 Å². The first-order valence-electron chi connectivity index (χ1n) is 7.19. The largest absolute Gasteiger partial charge is 0.450 e. The molecule has 3 heteroatoms. The Morgan fingerprint density at radius 2 is 1.50 bits per heavy atom. The Kier molecular flexibility index (Phi) is 5.66. The van der Waals surface area contributed by atoms with Gasteiger partial charge in [-0.15, -0.1) is 0 Å². The van der Waals surface area contributed by atoms with Crippen LogP contribution < -0.4 is 0 Å². The van der Waals surface area contributed by atoms with Gasteiger partial charge in [0.25, 0.3) is 0 Å². The second-order valence-corrected chi connectivity index (χ2v) is 4.79. The summed E-state index contributed by atoms with van der Waals surface area (Å²) >= 11 is 0. The lowest BCUT2D eigenvalue weighted by Gasteiger charge is -2.15. The smallest absolute Gasteiger partial charge is 0.338 e. The summed E-state index contributed by atoms with van der Waals surface area (Å²) in [4.78, 5) is 24.7. The van der Waals surface area contributed by atoms with E-state index in [2.05, 4.69) is 0 Å². The molecule has 0 aromatic heterocycles. The summed E-state index contributed by atoms with van der Waals surface area (Å²) in [7, 11) is 0. The van der Waals surface area contributed by atoms with Crippen molar-refractivity contribution in [1.29, 1.82) is 0 Å². The van der Waals surface area contributed by atoms with Crippen LogP contribution in [0.3, 0.4) is 0 Å². The average Bonchev–Trinajstić information content (AvgIpc) is 2.59. The number of esters is 1. The first kappa shape index (κ1) is 15.7. The summed E-state index contributed by atoms with van der Waals surface area (Å²) in [5.41, 5.74) is 0.978. The molecule has 0 saturated carbocycles. The predicted octanol–water partition coefficient (Wildman–Crippen LogP) is 4.06. The van der Waals surface area contributed by atoms with E-state index in [1.54, 1.807) is 48.5 Å². The number of ketones is 1. The van der Waals surface area contributed by atoms with Gasteiger partial charge in [0, 0.05) is 12.0 Å². The molecule has 0 N–H and O–H groups in total. The number of ether oxygens (including phenoxy) is 1. The predicted molar refractivity (Wildman–Crippen MR) is 85.8 cm³/mol. The van der Waals surface area contributed by atoms with Crippen molar-refractivity contribution in [3.8, 4) is 0 Å². The third-order valence-corrected chi connectivity index (χ3v) is 3.20. The molecule has 3 nitrogen and oxygen atoms in total. The van der Waals surface area contributed by atoms with Gasteiger partial charge in [0.1, 0.15) is 0 Å². The van der Waals surface area contributed by atoms with E-state index in [-0.39, 0.29) is 5.78 Å². The van der Waals surface area contributed by atoms with Crippen molar-refractivity contribution in [1.82, 2.24) is 0 Å². The standard InChI is InChI=1S/C19H18O3/c1-2-3-14-17(18(20)15-10-6-4-7-11-15)22-19(21)16-12-8-5-9-13-16/h2-13,17H,14H2,1H3. The Balaban J connectivity index is 2.16. The Hall–Kier alpha value is -2.68. The van der Waals surface area contributed by atoms with Crippen LogP contribution in [0, 0.1) is 0 Å². The van der Waals surface area contributed by atoms with Gasteiger partial charge in [0.15, 0.2) is 6.10 Å². The topological polar surface area (TPSA) is 43.4 Å². The molecule has 1 atom stereocenters. The average molecular weight is 294 g/mol. The maximum Gasteiger partial charge on any atom is 0.338 e. The van der Waals surface area contributed by atoms with Crippen molar-refractivity contribution in [2.75, 3.05) is 0 Å². The first-order valence-corrected chi connectivity index (χ1v) is 7.19. The van der Waals surface area contributed by atoms with E-state index in [1.165, 1.54) is 0 Å². The lowest BCUT2D eigenvalue weighted by atomic mass is 10.0. The van der Waals surface area contributed by atoms with E-state index in [1.807, 2.05) is 31.2 Å². The Morgan fingerprint density at radius 1 is 0.955 bits per heavy atom. The summed E-state index contributed by atoms with van der Waals surface area (Å²) in [5.74, 6) is -0.678. The van der Waals surface area contributed by atoms with Crippen LogP contribution in [0.5, 0.6) is 0 Å². The molecule has 2 aromatic carbocycles. The van der Waals surface area contributed by atoms with Gasteiger partial charge in [-0.1, -0.05) is 60.7 Å². The fourth-order valence-electron chi connectivity index (χ4n) is 2.03. The van der Waals surface area contributed by atoms with Crippen molar-refractivity contribution >= 4 is 11.8 Å². The minimum Gasteiger partial charge on any atom is -0.450 e. The molecular weight excluding hydrogens is 276 g/mol. The zero-order chi connectivity index (χ0) is 15.8. The third-order valence-electron chi connectivity index (χ3n) is 3.20. The highest BCUT2D eigenvalue weighted by Crippen LogP contribution is 2.13. The van der Waals surface area contributed by atoms with Gasteiger partial charge < -0.3 is 4.74 Å². The van der Waals surface area contributed by atoms with Crippen molar-refractivity contribution in [2.24, 2.45) is 0 Å². The second-order valence-electron chi connectivity index (χ2n) is 4.79. The lowest BCUT2D eigenvalue weighted by Crippen LogP contribution is -2.27. The molecule has 2 rings (SSSR count). The highest BCUT2D eigenvalue weighted by Gasteiger charge is 2.23. The lowest BCUT2D eigenvalue weighted by molar-refractivity contribution is 0.0289. The van der Waals surface area contributed by atoms with E-state index in [0.717, 1.165) is 0 Å². The van der Waals surface area contributed by atoms with Crippen LogP contribution in [0.1, 0.15) is 34.1 Å². The molecule has 0 amide bonds. The fourth-order valence-corrected chi connectivity index (χ4v) is 2.03. The number of benzene rings is 2. The Morgan fingerprint density at radius 3 is 2.05 bits per heavy atom. The van der Waals surface area contributed by atoms with Crippen molar-refractivity contribution in [3.63, 3.8) is 0 Å². The number of hydrogen-bond acceptors (Lipinski definition) is 3. The van der Waals surface area contributed by atoms with E-state index in [4.69, 9.17) is 4.74 Å². The highest BCUT2D eigenvalue weighted by molar-refractivity contribution is 6.01. The maximum absolute atomic E-state index is 12.5. The van der Waals surface area contributed by atoms with E-state index >= 15 is 0 Å². The molecule has 0 radical (unpaired) electrons. The number of rotatable bonds is 6. The van der Waals surface area contributed by atoms with E-state index < -0.39 is 12.1 Å². The van der Waals surface area contributed by atoms with Gasteiger partial charge in [-0.25, -0.2) is 4.79 Å². The minimum atomic E-state index is -0.814. The molecule has 0 aliphatic carbocycles. The van der Waals surface area contributed by atoms with Crippen LogP contribution in [0.2, 0.25) is 0 Å². The summed E-state index contributed by atoms with van der Waals surface area (Å²) in [6.07, 6.45) is 3.21. The Bertz CT molecular complexity index is 645. The van der Waals surface area contributed by atoms with Gasteiger partial charge in [0.2, 0.25) is 5.78 Å². The number of carbonyl (C=O) groups is 2. The van der Waals surface area contributed by atoms with Gasteiger partial charge in [-0.05, 0) is 19.1 Å². The molecule has 0 fully saturated rings. The van der Waals surface area contributed by atoms with Crippen LogP contribution in [0.25, 0.3) is 0 Å². The molecule has 0 spiro atoms. The number of allylic oxidation sites excluding steroid dienone is 1. The summed E-state index contributed by atoms with van der Waals surface area (Å²) < 4.78 is 5.42. The minimum absolute atomic E-state index is 0.192. The molecule has 2 aromatic rings. The summed E-state index contributed by atoms with van der Waals surface area (Å²) in [6.45, 7) is 1.86. The van der Waals surface area contributed by atoms with Crippen molar-refractivity contribution in [3.05, 3.63) is 83.9 Å². The highest BCUT2D eigenvalue weighted by atomic mass is 16.5. The van der Waals surface area contributed by atoms with Crippen LogP contribution in [0.4, 0.5) is 0 Å². The zero-order valence-electron chi connectivity index (χ0n) is 12.4. The van der Waals surface area contributed by atoms with Crippen LogP contribution >= 0.6 is 0 Å². The van der Waals surface area contributed by atoms with Gasteiger partial charge in [0.05, 0.1) is 5.56 Å². The molecule has 22 heavy (non-hydrogen) atoms. The SMILES string of the molecule is CC=CCC(OC(=O)c1ccccc1)C(=O)c1ccccc1. The summed E-state index contributed by atoms with van der Waals surface area (Å²) in [6, 6.07) is 17.6. The van der Waals surface area contributed by atoms with Crippen molar-refractivity contribution in [2.45, 2.75) is 19.4 Å². The molecule has 1 unspecified atom stereocenters. The van der Waals surface area contributed by atoms with Gasteiger partial charge in [-0.3, -0.25) is 4.79 Å². The van der Waals surface area contributed by atoms with Crippen LogP contribution in [-0.2, 0) is 4.74 Å². The van der Waals surface area contributed by atoms with Crippen LogP contribution in [-0.4, -0.2) is 17.9 Å². The quantitative estimate of drug-likeness (QED) is 0.458. The number of carbonyl (C=O) groups excluding carboxylic acids is 2. The maximum atomic E-state index is 12.5. The third kappa shape index (κ3) is 4.16. The molecule has 0 bridgehead atoms.